The smallest absolute Gasteiger partial charge is 0.341 e. The van der Waals surface area contributed by atoms with Crippen LogP contribution in [0.2, 0.25) is 0 Å². The van der Waals surface area contributed by atoms with Gasteiger partial charge >= 0.3 is 5.97 Å². The molecule has 0 spiro atoms. The Hall–Kier alpha value is -2.45. The van der Waals surface area contributed by atoms with Crippen molar-refractivity contribution in [2.24, 2.45) is 0 Å². The summed E-state index contributed by atoms with van der Waals surface area (Å²) in [5.74, 6) is -0.594. The number of carbonyl (C=O) groups excluding carboxylic acids is 2. The minimum absolute atomic E-state index is 0.0989. The van der Waals surface area contributed by atoms with Crippen molar-refractivity contribution in [2.75, 3.05) is 30.8 Å². The lowest BCUT2D eigenvalue weighted by molar-refractivity contribution is 0.0601. The molecule has 0 bridgehead atoms. The molecular weight excluding hydrogens is 418 g/mol. The molecule has 160 valence electrons. The van der Waals surface area contributed by atoms with Crippen molar-refractivity contribution in [3.63, 3.8) is 0 Å². The number of hydrogen-bond acceptors (Lipinski definition) is 5. The highest BCUT2D eigenvalue weighted by Gasteiger charge is 2.27. The number of hydrogen-bond donors (Lipinski definition) is 2. The molecule has 0 saturated heterocycles. The van der Waals surface area contributed by atoms with Gasteiger partial charge in [-0.3, -0.25) is 4.79 Å². The van der Waals surface area contributed by atoms with Crippen LogP contribution in [-0.4, -0.2) is 42.1 Å². The Kier molecular flexibility index (Phi) is 7.10. The SMILES string of the molecule is CCN(CC)C(=O)c1sc(NC(=S)Nc2ccc3c(c2)CCC3)c(C(=O)OC)c1C. The summed E-state index contributed by atoms with van der Waals surface area (Å²) in [4.78, 5) is 27.6. The fraction of sp³-hybridized carbons (Fsp3) is 0.409. The molecule has 1 aromatic carbocycles. The molecule has 3 rings (SSSR count). The number of thiophene rings is 1. The number of esters is 1. The third-order valence-electron chi connectivity index (χ3n) is 5.36. The number of ether oxygens (including phenoxy) is 1. The third-order valence-corrected chi connectivity index (χ3v) is 6.76. The number of rotatable bonds is 6. The van der Waals surface area contributed by atoms with Crippen LogP contribution in [0.5, 0.6) is 0 Å². The molecule has 0 unspecified atom stereocenters. The van der Waals surface area contributed by atoms with E-state index in [1.807, 2.05) is 19.9 Å². The largest absolute Gasteiger partial charge is 0.465 e. The predicted octanol–water partition coefficient (Wildman–Crippen LogP) is 4.62. The standard InChI is InChI=1S/C22H27N3O3S2/c1-5-25(6-2)20(26)18-13(3)17(21(27)28-4)19(30-18)24-22(29)23-16-11-10-14-8-7-9-15(14)12-16/h10-12H,5-9H2,1-4H3,(H2,23,24,29). The van der Waals surface area contributed by atoms with Crippen LogP contribution in [-0.2, 0) is 17.6 Å². The molecule has 30 heavy (non-hydrogen) atoms. The number of fused-ring (bicyclic) bond motifs is 1. The number of methoxy groups -OCH3 is 1. The zero-order chi connectivity index (χ0) is 21.8. The number of amides is 1. The summed E-state index contributed by atoms with van der Waals surface area (Å²) in [7, 11) is 1.33. The van der Waals surface area contributed by atoms with Gasteiger partial charge in [0.2, 0.25) is 0 Å². The maximum Gasteiger partial charge on any atom is 0.341 e. The number of thiocarbonyl (C=S) groups is 1. The van der Waals surface area contributed by atoms with Crippen molar-refractivity contribution >= 4 is 51.2 Å². The van der Waals surface area contributed by atoms with Crippen LogP contribution in [0.4, 0.5) is 10.7 Å². The van der Waals surface area contributed by atoms with Gasteiger partial charge in [0, 0.05) is 18.8 Å². The number of anilines is 2. The molecule has 2 N–H and O–H groups in total. The van der Waals surface area contributed by atoms with Crippen molar-refractivity contribution < 1.29 is 14.3 Å². The molecule has 0 aliphatic heterocycles. The monoisotopic (exact) mass is 445 g/mol. The first-order chi connectivity index (χ1) is 14.4. The first-order valence-corrected chi connectivity index (χ1v) is 11.3. The van der Waals surface area contributed by atoms with Gasteiger partial charge in [-0.15, -0.1) is 11.3 Å². The molecule has 0 radical (unpaired) electrons. The molecule has 0 saturated carbocycles. The second kappa shape index (κ2) is 9.57. The van der Waals surface area contributed by atoms with E-state index in [-0.39, 0.29) is 5.91 Å². The number of carbonyl (C=O) groups is 2. The summed E-state index contributed by atoms with van der Waals surface area (Å²) in [6.45, 7) is 6.82. The van der Waals surface area contributed by atoms with Crippen LogP contribution < -0.4 is 10.6 Å². The topological polar surface area (TPSA) is 70.7 Å². The van der Waals surface area contributed by atoms with Gasteiger partial charge in [-0.05, 0) is 81.1 Å². The lowest BCUT2D eigenvalue weighted by Gasteiger charge is -2.18. The minimum atomic E-state index is -0.495. The van der Waals surface area contributed by atoms with E-state index >= 15 is 0 Å². The van der Waals surface area contributed by atoms with Crippen LogP contribution in [0.3, 0.4) is 0 Å². The molecule has 0 fully saturated rings. The molecule has 1 aromatic heterocycles. The van der Waals surface area contributed by atoms with E-state index < -0.39 is 5.97 Å². The Morgan fingerprint density at radius 1 is 1.17 bits per heavy atom. The van der Waals surface area contributed by atoms with Crippen molar-refractivity contribution in [2.45, 2.75) is 40.0 Å². The Bertz CT molecular complexity index is 980. The molecule has 2 aromatic rings. The van der Waals surface area contributed by atoms with Gasteiger partial charge in [0.1, 0.15) is 5.00 Å². The van der Waals surface area contributed by atoms with Gasteiger partial charge < -0.3 is 20.3 Å². The lowest BCUT2D eigenvalue weighted by atomic mass is 10.1. The number of nitrogens with zero attached hydrogens (tertiary/aromatic N) is 1. The minimum Gasteiger partial charge on any atom is -0.465 e. The summed E-state index contributed by atoms with van der Waals surface area (Å²) >= 11 is 6.71. The predicted molar refractivity (Wildman–Crippen MR) is 126 cm³/mol. The molecule has 8 heteroatoms. The maximum atomic E-state index is 12.9. The quantitative estimate of drug-likeness (QED) is 0.499. The fourth-order valence-electron chi connectivity index (χ4n) is 3.72. The van der Waals surface area contributed by atoms with E-state index in [2.05, 4.69) is 22.8 Å². The van der Waals surface area contributed by atoms with E-state index in [9.17, 15) is 9.59 Å². The Labute approximate surface area is 186 Å². The van der Waals surface area contributed by atoms with Gasteiger partial charge in [-0.25, -0.2) is 4.79 Å². The number of benzene rings is 1. The summed E-state index contributed by atoms with van der Waals surface area (Å²) < 4.78 is 4.95. The molecular formula is C22H27N3O3S2. The molecule has 1 amide bonds. The van der Waals surface area contributed by atoms with Crippen molar-refractivity contribution in [3.05, 3.63) is 45.3 Å². The fourth-order valence-corrected chi connectivity index (χ4v) is 5.17. The molecule has 6 nitrogen and oxygen atoms in total. The van der Waals surface area contributed by atoms with E-state index in [0.717, 1.165) is 18.5 Å². The van der Waals surface area contributed by atoms with Crippen molar-refractivity contribution in [3.8, 4) is 0 Å². The summed E-state index contributed by atoms with van der Waals surface area (Å²) in [6.07, 6.45) is 3.39. The highest BCUT2D eigenvalue weighted by molar-refractivity contribution is 7.80. The van der Waals surface area contributed by atoms with Gasteiger partial charge in [-0.1, -0.05) is 6.07 Å². The second-order valence-corrected chi connectivity index (χ2v) is 8.57. The normalized spacial score (nSPS) is 12.3. The van der Waals surface area contributed by atoms with Gasteiger partial charge in [0.05, 0.1) is 17.6 Å². The average molecular weight is 446 g/mol. The first-order valence-electron chi connectivity index (χ1n) is 10.1. The highest BCUT2D eigenvalue weighted by atomic mass is 32.1. The third kappa shape index (κ3) is 4.49. The zero-order valence-electron chi connectivity index (χ0n) is 17.8. The van der Waals surface area contributed by atoms with E-state index in [1.54, 1.807) is 11.8 Å². The van der Waals surface area contributed by atoms with Crippen LogP contribution in [0.1, 0.15) is 57.0 Å². The van der Waals surface area contributed by atoms with Gasteiger partial charge in [-0.2, -0.15) is 0 Å². The summed E-state index contributed by atoms with van der Waals surface area (Å²) in [6, 6.07) is 6.25. The van der Waals surface area contributed by atoms with Gasteiger partial charge in [0.15, 0.2) is 5.11 Å². The first kappa shape index (κ1) is 22.2. The van der Waals surface area contributed by atoms with E-state index in [0.29, 0.717) is 39.2 Å². The van der Waals surface area contributed by atoms with E-state index in [1.165, 1.54) is 36.0 Å². The van der Waals surface area contributed by atoms with Gasteiger partial charge in [0.25, 0.3) is 5.91 Å². The van der Waals surface area contributed by atoms with Crippen molar-refractivity contribution in [1.29, 1.82) is 0 Å². The summed E-state index contributed by atoms with van der Waals surface area (Å²) in [5, 5.41) is 7.16. The van der Waals surface area contributed by atoms with Crippen LogP contribution in [0, 0.1) is 6.92 Å². The molecule has 0 atom stereocenters. The van der Waals surface area contributed by atoms with Crippen LogP contribution in [0.15, 0.2) is 18.2 Å². The van der Waals surface area contributed by atoms with Crippen LogP contribution >= 0.6 is 23.6 Å². The molecule has 1 aliphatic rings. The second-order valence-electron chi connectivity index (χ2n) is 7.15. The lowest BCUT2D eigenvalue weighted by Crippen LogP contribution is -2.30. The molecule has 1 aliphatic carbocycles. The average Bonchev–Trinajstić information content (AvgIpc) is 3.32. The van der Waals surface area contributed by atoms with E-state index in [4.69, 9.17) is 17.0 Å². The summed E-state index contributed by atoms with van der Waals surface area (Å²) in [5.41, 5.74) is 4.58. The zero-order valence-corrected chi connectivity index (χ0v) is 19.4. The van der Waals surface area contributed by atoms with Crippen LogP contribution in [0.25, 0.3) is 0 Å². The van der Waals surface area contributed by atoms with Crippen molar-refractivity contribution in [1.82, 2.24) is 4.90 Å². The molecule has 1 heterocycles. The Morgan fingerprint density at radius 3 is 2.53 bits per heavy atom. The Morgan fingerprint density at radius 2 is 1.87 bits per heavy atom. The maximum absolute atomic E-state index is 12.9. The number of aryl methyl sites for hydroxylation is 2. The Balaban J connectivity index is 1.85. The highest BCUT2D eigenvalue weighted by Crippen LogP contribution is 2.35. The number of nitrogens with one attached hydrogen (secondary N) is 2.